The number of nitrogens with one attached hydrogen (secondary N) is 1. The molecule has 0 saturated heterocycles. The summed E-state index contributed by atoms with van der Waals surface area (Å²) < 4.78 is 15.5. The summed E-state index contributed by atoms with van der Waals surface area (Å²) in [4.78, 5) is 46.7. The van der Waals surface area contributed by atoms with Gasteiger partial charge in [0.15, 0.2) is 11.5 Å². The highest BCUT2D eigenvalue weighted by Crippen LogP contribution is 2.29. The van der Waals surface area contributed by atoms with Gasteiger partial charge in [0.25, 0.3) is 11.6 Å². The summed E-state index contributed by atoms with van der Waals surface area (Å²) in [6, 6.07) is 13.6. The number of nitrogens with zero attached hydrogens (tertiary/aromatic N) is 2. The number of ether oxygens (including phenoxy) is 3. The molecule has 3 rings (SSSR count). The van der Waals surface area contributed by atoms with Gasteiger partial charge in [0.05, 0.1) is 23.8 Å². The number of carbonyl (C=O) groups is 3. The molecular formula is C24H18ClN3O8. The molecule has 0 aromatic heterocycles. The maximum atomic E-state index is 12.7. The second-order valence-electron chi connectivity index (χ2n) is 7.03. The van der Waals surface area contributed by atoms with Crippen LogP contribution in [0.3, 0.4) is 0 Å². The van der Waals surface area contributed by atoms with E-state index in [-0.39, 0.29) is 39.6 Å². The molecule has 184 valence electrons. The number of rotatable bonds is 8. The summed E-state index contributed by atoms with van der Waals surface area (Å²) in [7, 11) is 1.33. The van der Waals surface area contributed by atoms with Crippen LogP contribution in [0.1, 0.15) is 33.2 Å². The smallest absolute Gasteiger partial charge is 0.343 e. The van der Waals surface area contributed by atoms with E-state index in [2.05, 4.69) is 10.5 Å². The summed E-state index contributed by atoms with van der Waals surface area (Å²) in [5, 5.41) is 15.5. The Labute approximate surface area is 209 Å². The largest absolute Gasteiger partial charge is 0.493 e. The van der Waals surface area contributed by atoms with Crippen molar-refractivity contribution in [2.24, 2.45) is 5.10 Å². The summed E-state index contributed by atoms with van der Waals surface area (Å²) in [5.74, 6) is -1.76. The van der Waals surface area contributed by atoms with Gasteiger partial charge < -0.3 is 14.2 Å². The van der Waals surface area contributed by atoms with Gasteiger partial charge in [0, 0.05) is 35.2 Å². The van der Waals surface area contributed by atoms with Crippen LogP contribution in [0, 0.1) is 10.1 Å². The lowest BCUT2D eigenvalue weighted by Crippen LogP contribution is -2.17. The number of esters is 2. The Bertz CT molecular complexity index is 1360. The van der Waals surface area contributed by atoms with E-state index in [0.29, 0.717) is 5.02 Å². The molecule has 0 atom stereocenters. The minimum Gasteiger partial charge on any atom is -0.493 e. The number of nitro benzene ring substituents is 1. The van der Waals surface area contributed by atoms with Gasteiger partial charge in [0.1, 0.15) is 5.75 Å². The summed E-state index contributed by atoms with van der Waals surface area (Å²) in [6.45, 7) is 1.22. The molecule has 12 heteroatoms. The maximum absolute atomic E-state index is 12.7. The van der Waals surface area contributed by atoms with Crippen molar-refractivity contribution in [1.29, 1.82) is 0 Å². The number of halogens is 1. The topological polar surface area (TPSA) is 146 Å². The number of hydrogen-bond donors (Lipinski definition) is 1. The van der Waals surface area contributed by atoms with Crippen molar-refractivity contribution < 1.29 is 33.5 Å². The third-order valence-corrected chi connectivity index (χ3v) is 4.79. The van der Waals surface area contributed by atoms with Gasteiger partial charge in [-0.1, -0.05) is 11.6 Å². The van der Waals surface area contributed by atoms with Crippen LogP contribution < -0.4 is 19.6 Å². The van der Waals surface area contributed by atoms with Crippen molar-refractivity contribution in [3.63, 3.8) is 0 Å². The number of carbonyl (C=O) groups excluding carboxylic acids is 3. The molecule has 1 N–H and O–H groups in total. The maximum Gasteiger partial charge on any atom is 0.343 e. The van der Waals surface area contributed by atoms with Gasteiger partial charge >= 0.3 is 11.9 Å². The van der Waals surface area contributed by atoms with Gasteiger partial charge in [-0.05, 0) is 48.5 Å². The van der Waals surface area contributed by atoms with Crippen molar-refractivity contribution >= 4 is 41.3 Å². The minimum absolute atomic E-state index is 0.0532. The van der Waals surface area contributed by atoms with Crippen LogP contribution in [0.5, 0.6) is 17.2 Å². The lowest BCUT2D eigenvalue weighted by atomic mass is 10.1. The summed E-state index contributed by atoms with van der Waals surface area (Å²) >= 11 is 5.80. The fraction of sp³-hybridized carbons (Fsp3) is 0.0833. The van der Waals surface area contributed by atoms with Gasteiger partial charge in [-0.15, -0.1) is 0 Å². The second kappa shape index (κ2) is 11.6. The molecular weight excluding hydrogens is 494 g/mol. The van der Waals surface area contributed by atoms with Crippen LogP contribution in [0.4, 0.5) is 5.69 Å². The van der Waals surface area contributed by atoms with E-state index in [1.54, 1.807) is 0 Å². The molecule has 1 amide bonds. The molecule has 0 aliphatic carbocycles. The molecule has 0 bridgehead atoms. The zero-order valence-electron chi connectivity index (χ0n) is 18.9. The SMILES string of the molecule is COc1cc(C(=O)Oc2ccc([N+](=O)[O-])cc2/C=N/NC(=O)c2ccc(Cl)cc2)ccc1OC(C)=O. The first-order valence-electron chi connectivity index (χ1n) is 10.1. The summed E-state index contributed by atoms with van der Waals surface area (Å²) in [5.41, 5.74) is 2.39. The normalized spacial score (nSPS) is 10.5. The van der Waals surface area contributed by atoms with E-state index in [1.165, 1.54) is 62.6 Å². The quantitative estimate of drug-likeness (QED) is 0.156. The average molecular weight is 512 g/mol. The molecule has 0 fully saturated rings. The first-order chi connectivity index (χ1) is 17.2. The van der Waals surface area contributed by atoms with Crippen molar-refractivity contribution in [3.05, 3.63) is 92.5 Å². The molecule has 0 saturated carbocycles. The number of nitro groups is 1. The first-order valence-corrected chi connectivity index (χ1v) is 10.5. The van der Waals surface area contributed by atoms with Gasteiger partial charge in [-0.2, -0.15) is 5.10 Å². The fourth-order valence-corrected chi connectivity index (χ4v) is 2.99. The van der Waals surface area contributed by atoms with E-state index in [4.69, 9.17) is 25.8 Å². The predicted molar refractivity (Wildman–Crippen MR) is 129 cm³/mol. The Balaban J connectivity index is 1.83. The van der Waals surface area contributed by atoms with Crippen molar-refractivity contribution in [2.45, 2.75) is 6.92 Å². The Morgan fingerprint density at radius 1 is 0.944 bits per heavy atom. The highest BCUT2D eigenvalue weighted by atomic mass is 35.5. The van der Waals surface area contributed by atoms with Gasteiger partial charge in [-0.3, -0.25) is 19.7 Å². The molecule has 3 aromatic rings. The average Bonchev–Trinajstić information content (AvgIpc) is 2.85. The van der Waals surface area contributed by atoms with Crippen LogP contribution in [-0.2, 0) is 4.79 Å². The number of amides is 1. The molecule has 0 heterocycles. The summed E-state index contributed by atoms with van der Waals surface area (Å²) in [6.07, 6.45) is 1.10. The van der Waals surface area contributed by atoms with Crippen molar-refractivity contribution in [1.82, 2.24) is 5.43 Å². The van der Waals surface area contributed by atoms with E-state index < -0.39 is 22.8 Å². The Morgan fingerprint density at radius 3 is 2.25 bits per heavy atom. The zero-order chi connectivity index (χ0) is 26.2. The highest BCUT2D eigenvalue weighted by Gasteiger charge is 2.18. The standard InChI is InChI=1S/C24H18ClN3O8/c1-14(29)35-21-9-5-16(12-22(21)34-2)24(31)36-20-10-8-19(28(32)33)11-17(20)13-26-27-23(30)15-3-6-18(25)7-4-15/h3-13H,1-2H3,(H,27,30)/b26-13+. The Kier molecular flexibility index (Phi) is 8.31. The van der Waals surface area contributed by atoms with Crippen molar-refractivity contribution in [2.75, 3.05) is 7.11 Å². The molecule has 0 radical (unpaired) electrons. The van der Waals surface area contributed by atoms with Gasteiger partial charge in [0.2, 0.25) is 0 Å². The fourth-order valence-electron chi connectivity index (χ4n) is 2.86. The Morgan fingerprint density at radius 2 is 1.61 bits per heavy atom. The van der Waals surface area contributed by atoms with Crippen molar-refractivity contribution in [3.8, 4) is 17.2 Å². The number of benzene rings is 3. The molecule has 0 aliphatic heterocycles. The lowest BCUT2D eigenvalue weighted by molar-refractivity contribution is -0.384. The first kappa shape index (κ1) is 25.8. The van der Waals surface area contributed by atoms with E-state index in [9.17, 15) is 24.5 Å². The monoisotopic (exact) mass is 511 g/mol. The van der Waals surface area contributed by atoms with E-state index in [0.717, 1.165) is 18.3 Å². The minimum atomic E-state index is -0.823. The number of methoxy groups -OCH3 is 1. The van der Waals surface area contributed by atoms with Crippen LogP contribution in [0.2, 0.25) is 5.02 Å². The van der Waals surface area contributed by atoms with Crippen LogP contribution in [0.15, 0.2) is 65.8 Å². The number of hydrogen-bond acceptors (Lipinski definition) is 9. The molecule has 0 aliphatic rings. The Hall–Kier alpha value is -4.77. The van der Waals surface area contributed by atoms with E-state index in [1.807, 2.05) is 0 Å². The van der Waals surface area contributed by atoms with Crippen LogP contribution in [0.25, 0.3) is 0 Å². The van der Waals surface area contributed by atoms with Crippen LogP contribution >= 0.6 is 11.6 Å². The zero-order valence-corrected chi connectivity index (χ0v) is 19.6. The molecule has 0 unspecified atom stereocenters. The number of non-ortho nitro benzene ring substituents is 1. The predicted octanol–water partition coefficient (Wildman–Crippen LogP) is 4.17. The third kappa shape index (κ3) is 6.64. The molecule has 11 nitrogen and oxygen atoms in total. The number of hydrazone groups is 1. The molecule has 36 heavy (non-hydrogen) atoms. The highest BCUT2D eigenvalue weighted by molar-refractivity contribution is 6.30. The van der Waals surface area contributed by atoms with Crippen LogP contribution in [-0.4, -0.2) is 36.1 Å². The lowest BCUT2D eigenvalue weighted by Gasteiger charge is -2.11. The van der Waals surface area contributed by atoms with Gasteiger partial charge in [-0.25, -0.2) is 10.2 Å². The van der Waals surface area contributed by atoms with E-state index >= 15 is 0 Å². The molecule has 3 aromatic carbocycles. The molecule has 0 spiro atoms. The second-order valence-corrected chi connectivity index (χ2v) is 7.47. The third-order valence-electron chi connectivity index (χ3n) is 4.54.